The van der Waals surface area contributed by atoms with Crippen molar-refractivity contribution < 1.29 is 14.5 Å². The number of hydrazone groups is 1. The van der Waals surface area contributed by atoms with Gasteiger partial charge in [0, 0.05) is 6.07 Å². The van der Waals surface area contributed by atoms with Crippen molar-refractivity contribution in [2.75, 3.05) is 6.61 Å². The summed E-state index contributed by atoms with van der Waals surface area (Å²) in [6, 6.07) is 10.6. The fraction of sp³-hybridized carbons (Fsp3) is 0.294. The maximum absolute atomic E-state index is 11.7. The Morgan fingerprint density at radius 3 is 2.68 bits per heavy atom. The summed E-state index contributed by atoms with van der Waals surface area (Å²) in [4.78, 5) is 22.4. The highest BCUT2D eigenvalue weighted by Crippen LogP contribution is 2.22. The van der Waals surface area contributed by atoms with Gasteiger partial charge < -0.3 is 4.74 Å². The Morgan fingerprint density at radius 1 is 1.36 bits per heavy atom. The third-order valence-electron chi connectivity index (χ3n) is 3.61. The van der Waals surface area contributed by atoms with Crippen molar-refractivity contribution in [1.82, 2.24) is 5.43 Å². The smallest absolute Gasteiger partial charge is 0.324 e. The van der Waals surface area contributed by atoms with Crippen LogP contribution in [0.3, 0.4) is 0 Å². The lowest BCUT2D eigenvalue weighted by Crippen LogP contribution is -2.24. The van der Waals surface area contributed by atoms with E-state index < -0.39 is 10.8 Å². The monoisotopic (exact) mass is 361 g/mol. The molecule has 0 radical (unpaired) electrons. The molecule has 0 aliphatic rings. The first-order valence-electron chi connectivity index (χ1n) is 7.78. The minimum Gasteiger partial charge on any atom is -0.484 e. The van der Waals surface area contributed by atoms with Gasteiger partial charge in [-0.15, -0.1) is 0 Å². The van der Waals surface area contributed by atoms with Crippen LogP contribution < -0.4 is 10.2 Å². The van der Waals surface area contributed by atoms with E-state index in [1.165, 1.54) is 17.8 Å². The van der Waals surface area contributed by atoms with Gasteiger partial charge >= 0.3 is 5.00 Å². The van der Waals surface area contributed by atoms with Crippen LogP contribution in [0.15, 0.2) is 41.5 Å². The van der Waals surface area contributed by atoms with E-state index in [9.17, 15) is 14.9 Å². The van der Waals surface area contributed by atoms with Crippen LogP contribution in [-0.2, 0) is 4.79 Å². The molecule has 0 saturated heterocycles. The van der Waals surface area contributed by atoms with Gasteiger partial charge in [0.1, 0.15) is 5.75 Å². The Balaban J connectivity index is 1.78. The molecule has 7 nitrogen and oxygen atoms in total. The molecular weight excluding hydrogens is 342 g/mol. The first-order valence-corrected chi connectivity index (χ1v) is 8.60. The molecular formula is C17H19N3O4S. The Labute approximate surface area is 149 Å². The molecule has 1 N–H and O–H groups in total. The van der Waals surface area contributed by atoms with E-state index in [1.807, 2.05) is 24.3 Å². The fourth-order valence-corrected chi connectivity index (χ4v) is 2.68. The summed E-state index contributed by atoms with van der Waals surface area (Å²) in [6.07, 6.45) is 2.42. The lowest BCUT2D eigenvalue weighted by atomic mass is 9.99. The van der Waals surface area contributed by atoms with Crippen LogP contribution in [0.2, 0.25) is 0 Å². The van der Waals surface area contributed by atoms with E-state index in [4.69, 9.17) is 4.74 Å². The van der Waals surface area contributed by atoms with Gasteiger partial charge in [-0.05, 0) is 36.1 Å². The van der Waals surface area contributed by atoms with Crippen molar-refractivity contribution >= 4 is 28.5 Å². The highest BCUT2D eigenvalue weighted by atomic mass is 32.1. The van der Waals surface area contributed by atoms with Crippen molar-refractivity contribution in [3.63, 3.8) is 0 Å². The highest BCUT2D eigenvalue weighted by Gasteiger charge is 2.08. The van der Waals surface area contributed by atoms with Crippen LogP contribution >= 0.6 is 11.3 Å². The highest BCUT2D eigenvalue weighted by molar-refractivity contribution is 7.16. The second kappa shape index (κ2) is 8.93. The summed E-state index contributed by atoms with van der Waals surface area (Å²) in [7, 11) is 0. The van der Waals surface area contributed by atoms with Gasteiger partial charge in [0.05, 0.1) is 16.0 Å². The van der Waals surface area contributed by atoms with Gasteiger partial charge in [0.15, 0.2) is 6.61 Å². The molecule has 0 saturated carbocycles. The summed E-state index contributed by atoms with van der Waals surface area (Å²) < 4.78 is 5.40. The molecule has 0 spiro atoms. The van der Waals surface area contributed by atoms with E-state index in [0.717, 1.165) is 17.8 Å². The van der Waals surface area contributed by atoms with Gasteiger partial charge in [0.2, 0.25) is 0 Å². The summed E-state index contributed by atoms with van der Waals surface area (Å²) >= 11 is 0.977. The Bertz CT molecular complexity index is 756. The third-order valence-corrected chi connectivity index (χ3v) is 4.58. The van der Waals surface area contributed by atoms with Gasteiger partial charge in [-0.1, -0.05) is 37.3 Å². The zero-order valence-electron chi connectivity index (χ0n) is 14.0. The van der Waals surface area contributed by atoms with Crippen LogP contribution in [0.4, 0.5) is 5.00 Å². The maximum atomic E-state index is 11.7. The number of thiophene rings is 1. The molecule has 1 amide bonds. The van der Waals surface area contributed by atoms with Gasteiger partial charge in [-0.3, -0.25) is 14.9 Å². The number of benzene rings is 1. The normalized spacial score (nSPS) is 12.1. The molecule has 1 heterocycles. The average molecular weight is 361 g/mol. The number of nitrogens with one attached hydrogen (secondary N) is 1. The summed E-state index contributed by atoms with van der Waals surface area (Å²) in [6.45, 7) is 4.13. The molecule has 8 heteroatoms. The Hall–Kier alpha value is -2.74. The molecule has 0 fully saturated rings. The molecule has 1 aromatic carbocycles. The van der Waals surface area contributed by atoms with Crippen LogP contribution in [0.1, 0.15) is 36.6 Å². The minimum absolute atomic E-state index is 0.0250. The van der Waals surface area contributed by atoms with E-state index in [2.05, 4.69) is 24.4 Å². The molecule has 0 aliphatic carbocycles. The fourth-order valence-electron chi connectivity index (χ4n) is 1.99. The van der Waals surface area contributed by atoms with Crippen LogP contribution in [0, 0.1) is 10.1 Å². The predicted octanol–water partition coefficient (Wildman–Crippen LogP) is 3.70. The molecule has 1 atom stereocenters. The molecule has 0 unspecified atom stereocenters. The van der Waals surface area contributed by atoms with E-state index in [0.29, 0.717) is 16.5 Å². The van der Waals surface area contributed by atoms with E-state index in [-0.39, 0.29) is 11.6 Å². The number of rotatable bonds is 8. The lowest BCUT2D eigenvalue weighted by molar-refractivity contribution is -0.380. The van der Waals surface area contributed by atoms with Crippen molar-refractivity contribution in [3.05, 3.63) is 57.0 Å². The topological polar surface area (TPSA) is 93.8 Å². The van der Waals surface area contributed by atoms with Gasteiger partial charge in [0.25, 0.3) is 5.91 Å². The number of carbonyl (C=O) groups is 1. The second-order valence-electron chi connectivity index (χ2n) is 5.39. The Kier molecular flexibility index (Phi) is 6.64. The molecule has 1 aromatic heterocycles. The summed E-state index contributed by atoms with van der Waals surface area (Å²) in [5, 5.41) is 14.4. The number of nitrogens with zero attached hydrogens (tertiary/aromatic N) is 2. The second-order valence-corrected chi connectivity index (χ2v) is 6.49. The SMILES string of the molecule is CC[C@@H](C)c1ccc(OCC(=O)N/N=C\c2ccc([N+](=O)[O-])s2)cc1. The van der Waals surface area contributed by atoms with Gasteiger partial charge in [-0.2, -0.15) is 5.10 Å². The minimum atomic E-state index is -0.471. The summed E-state index contributed by atoms with van der Waals surface area (Å²) in [5.74, 6) is 0.688. The first kappa shape index (κ1) is 18.6. The standard InChI is InChI=1S/C17H19N3O4S/c1-3-12(2)13-4-6-14(7-5-13)24-11-16(21)19-18-10-15-8-9-17(25-15)20(22)23/h4-10,12H,3,11H2,1-2H3,(H,19,21)/b18-10-/t12-/m1/s1. The van der Waals surface area contributed by atoms with Gasteiger partial charge in [-0.25, -0.2) is 5.43 Å². The zero-order chi connectivity index (χ0) is 18.2. The molecule has 0 aliphatic heterocycles. The largest absolute Gasteiger partial charge is 0.484 e. The number of ether oxygens (including phenoxy) is 1. The lowest BCUT2D eigenvalue weighted by Gasteiger charge is -2.10. The van der Waals surface area contributed by atoms with Crippen LogP contribution in [0.25, 0.3) is 0 Å². The van der Waals surface area contributed by atoms with Crippen LogP contribution in [-0.4, -0.2) is 23.7 Å². The Morgan fingerprint density at radius 2 is 2.08 bits per heavy atom. The van der Waals surface area contributed by atoms with Crippen molar-refractivity contribution in [2.45, 2.75) is 26.2 Å². The zero-order valence-corrected chi connectivity index (χ0v) is 14.8. The third kappa shape index (κ3) is 5.68. The van der Waals surface area contributed by atoms with Crippen LogP contribution in [0.5, 0.6) is 5.75 Å². The maximum Gasteiger partial charge on any atom is 0.324 e. The van der Waals surface area contributed by atoms with Crippen molar-refractivity contribution in [1.29, 1.82) is 0 Å². The first-order chi connectivity index (χ1) is 12.0. The quantitative estimate of drug-likeness (QED) is 0.441. The average Bonchev–Trinajstić information content (AvgIpc) is 3.09. The molecule has 0 bridgehead atoms. The molecule has 132 valence electrons. The predicted molar refractivity (Wildman–Crippen MR) is 97.4 cm³/mol. The van der Waals surface area contributed by atoms with Crippen molar-refractivity contribution in [2.24, 2.45) is 5.10 Å². The summed E-state index contributed by atoms with van der Waals surface area (Å²) in [5.41, 5.74) is 3.55. The number of hydrogen-bond acceptors (Lipinski definition) is 6. The van der Waals surface area contributed by atoms with E-state index >= 15 is 0 Å². The van der Waals surface area contributed by atoms with Crippen molar-refractivity contribution in [3.8, 4) is 5.75 Å². The number of amides is 1. The van der Waals surface area contributed by atoms with E-state index in [1.54, 1.807) is 6.07 Å². The molecule has 2 aromatic rings. The molecule has 2 rings (SSSR count). The number of hydrogen-bond donors (Lipinski definition) is 1. The number of nitro groups is 1. The number of carbonyl (C=O) groups excluding carboxylic acids is 1. The molecule has 25 heavy (non-hydrogen) atoms.